The molecule has 6 nitrogen and oxygen atoms in total. The molecule has 0 bridgehead atoms. The number of ether oxygens (including phenoxy) is 1. The van der Waals surface area contributed by atoms with Gasteiger partial charge in [-0.05, 0) is 49.4 Å². The van der Waals surface area contributed by atoms with Crippen LogP contribution in [-0.4, -0.2) is 35.7 Å². The smallest absolute Gasteiger partial charge is 0.264 e. The highest BCUT2D eigenvalue weighted by molar-refractivity contribution is 7.95. The van der Waals surface area contributed by atoms with E-state index in [2.05, 4.69) is 0 Å². The molecule has 0 aromatic heterocycles. The van der Waals surface area contributed by atoms with Gasteiger partial charge in [-0.3, -0.25) is 4.31 Å². The number of methoxy groups -OCH3 is 1. The summed E-state index contributed by atoms with van der Waals surface area (Å²) in [4.78, 5) is 0.108. The zero-order valence-corrected chi connectivity index (χ0v) is 16.0. The lowest BCUT2D eigenvalue weighted by Gasteiger charge is -2.29. The molecule has 3 rings (SSSR count). The first-order chi connectivity index (χ1) is 12.2. The van der Waals surface area contributed by atoms with Crippen LogP contribution < -0.4 is 9.04 Å². The zero-order valence-electron chi connectivity index (χ0n) is 14.4. The number of aryl methyl sites for hydroxylation is 1. The second kappa shape index (κ2) is 6.77. The summed E-state index contributed by atoms with van der Waals surface area (Å²) in [6, 6.07) is 12.1. The van der Waals surface area contributed by atoms with Crippen LogP contribution in [0.25, 0.3) is 0 Å². The number of rotatable bonds is 5. The van der Waals surface area contributed by atoms with E-state index in [4.69, 9.17) is 4.74 Å². The van der Waals surface area contributed by atoms with Crippen LogP contribution in [-0.2, 0) is 19.9 Å². The third kappa shape index (κ3) is 3.61. The van der Waals surface area contributed by atoms with E-state index >= 15 is 0 Å². The zero-order chi connectivity index (χ0) is 18.9. The van der Waals surface area contributed by atoms with Crippen molar-refractivity contribution in [2.45, 2.75) is 17.9 Å². The molecule has 2 aromatic carbocycles. The second-order valence-corrected chi connectivity index (χ2v) is 9.78. The average Bonchev–Trinajstić information content (AvgIpc) is 2.95. The third-order valence-electron chi connectivity index (χ3n) is 4.12. The van der Waals surface area contributed by atoms with Crippen molar-refractivity contribution < 1.29 is 21.6 Å². The van der Waals surface area contributed by atoms with Gasteiger partial charge >= 0.3 is 0 Å². The fourth-order valence-electron chi connectivity index (χ4n) is 2.77. The highest BCUT2D eigenvalue weighted by atomic mass is 32.2. The van der Waals surface area contributed by atoms with Gasteiger partial charge in [0.2, 0.25) is 0 Å². The average molecular weight is 393 g/mol. The van der Waals surface area contributed by atoms with E-state index in [9.17, 15) is 16.8 Å². The molecular weight excluding hydrogens is 374 g/mol. The van der Waals surface area contributed by atoms with Gasteiger partial charge in [-0.1, -0.05) is 17.7 Å². The van der Waals surface area contributed by atoms with Crippen molar-refractivity contribution in [3.05, 3.63) is 65.6 Å². The van der Waals surface area contributed by atoms with E-state index in [-0.39, 0.29) is 10.6 Å². The molecule has 0 saturated heterocycles. The minimum Gasteiger partial charge on any atom is -0.497 e. The fourth-order valence-corrected chi connectivity index (χ4v) is 5.74. The molecule has 1 atom stereocenters. The maximum absolute atomic E-state index is 13.3. The van der Waals surface area contributed by atoms with Crippen LogP contribution in [0.5, 0.6) is 5.75 Å². The summed E-state index contributed by atoms with van der Waals surface area (Å²) < 4.78 is 56.5. The molecule has 26 heavy (non-hydrogen) atoms. The number of anilines is 1. The Morgan fingerprint density at radius 3 is 2.15 bits per heavy atom. The summed E-state index contributed by atoms with van der Waals surface area (Å²) in [5.41, 5.74) is 1.31. The first-order valence-electron chi connectivity index (χ1n) is 7.89. The molecule has 0 amide bonds. The molecular formula is C18H19NO5S2. The summed E-state index contributed by atoms with van der Waals surface area (Å²) in [5.74, 6) is 0.292. The Balaban J connectivity index is 2.10. The molecule has 2 aromatic rings. The SMILES string of the molecule is COc1ccc(N(C2C=CS(=O)(=O)C2)S(=O)(=O)c2ccc(C)cc2)cc1. The predicted molar refractivity (Wildman–Crippen MR) is 101 cm³/mol. The highest BCUT2D eigenvalue weighted by Gasteiger charge is 2.35. The van der Waals surface area contributed by atoms with E-state index in [1.165, 1.54) is 25.3 Å². The fraction of sp³-hybridized carbons (Fsp3) is 0.222. The predicted octanol–water partition coefficient (Wildman–Crippen LogP) is 2.51. The molecule has 0 spiro atoms. The van der Waals surface area contributed by atoms with E-state index < -0.39 is 25.9 Å². The van der Waals surface area contributed by atoms with Crippen LogP contribution in [0.2, 0.25) is 0 Å². The number of nitrogens with zero attached hydrogens (tertiary/aromatic N) is 1. The molecule has 8 heteroatoms. The molecule has 1 aliphatic rings. The van der Waals surface area contributed by atoms with E-state index in [1.54, 1.807) is 36.4 Å². The van der Waals surface area contributed by atoms with Gasteiger partial charge in [-0.25, -0.2) is 16.8 Å². The van der Waals surface area contributed by atoms with Crippen molar-refractivity contribution in [1.82, 2.24) is 0 Å². The molecule has 1 aliphatic heterocycles. The summed E-state index contributed by atoms with van der Waals surface area (Å²) in [6.45, 7) is 1.87. The van der Waals surface area contributed by atoms with Gasteiger partial charge in [0.15, 0.2) is 9.84 Å². The van der Waals surface area contributed by atoms with E-state index in [1.807, 2.05) is 6.92 Å². The standard InChI is InChI=1S/C18H19NO5S2/c1-14-3-9-18(10-4-14)26(22,23)19(16-11-12-25(20,21)13-16)15-5-7-17(24-2)8-6-15/h3-12,16H,13H2,1-2H3. The maximum atomic E-state index is 13.3. The lowest BCUT2D eigenvalue weighted by atomic mass is 10.2. The van der Waals surface area contributed by atoms with Crippen molar-refractivity contribution >= 4 is 25.5 Å². The first-order valence-corrected chi connectivity index (χ1v) is 11.0. The largest absolute Gasteiger partial charge is 0.497 e. The summed E-state index contributed by atoms with van der Waals surface area (Å²) in [6.07, 6.45) is 1.41. The van der Waals surface area contributed by atoms with Gasteiger partial charge < -0.3 is 4.74 Å². The van der Waals surface area contributed by atoms with Crippen molar-refractivity contribution in [2.24, 2.45) is 0 Å². The van der Waals surface area contributed by atoms with Crippen LogP contribution in [0, 0.1) is 6.92 Å². The minimum atomic E-state index is -3.95. The number of benzene rings is 2. The lowest BCUT2D eigenvalue weighted by Crippen LogP contribution is -2.41. The number of hydrogen-bond donors (Lipinski definition) is 0. The van der Waals surface area contributed by atoms with Crippen LogP contribution in [0.3, 0.4) is 0 Å². The van der Waals surface area contributed by atoms with Gasteiger partial charge in [0.1, 0.15) is 5.75 Å². The molecule has 0 N–H and O–H groups in total. The molecule has 0 saturated carbocycles. The van der Waals surface area contributed by atoms with Crippen molar-refractivity contribution in [3.8, 4) is 5.75 Å². The van der Waals surface area contributed by atoms with Gasteiger partial charge in [-0.2, -0.15) is 0 Å². The Morgan fingerprint density at radius 1 is 1.04 bits per heavy atom. The summed E-state index contributed by atoms with van der Waals surface area (Å²) in [5, 5.41) is 1.07. The van der Waals surface area contributed by atoms with Crippen LogP contribution >= 0.6 is 0 Å². The van der Waals surface area contributed by atoms with Crippen molar-refractivity contribution in [3.63, 3.8) is 0 Å². The number of hydrogen-bond acceptors (Lipinski definition) is 5. The molecule has 0 aliphatic carbocycles. The second-order valence-electron chi connectivity index (χ2n) is 6.04. The van der Waals surface area contributed by atoms with Gasteiger partial charge in [0.05, 0.1) is 29.5 Å². The minimum absolute atomic E-state index is 0.108. The topological polar surface area (TPSA) is 80.8 Å². The van der Waals surface area contributed by atoms with Gasteiger partial charge in [0.25, 0.3) is 10.0 Å². The van der Waals surface area contributed by atoms with Crippen LogP contribution in [0.1, 0.15) is 5.56 Å². The maximum Gasteiger partial charge on any atom is 0.264 e. The molecule has 138 valence electrons. The Bertz CT molecular complexity index is 1020. The summed E-state index contributed by atoms with van der Waals surface area (Å²) >= 11 is 0. The monoisotopic (exact) mass is 393 g/mol. The molecule has 0 fully saturated rings. The van der Waals surface area contributed by atoms with Crippen molar-refractivity contribution in [1.29, 1.82) is 0 Å². The van der Waals surface area contributed by atoms with Crippen LogP contribution in [0.4, 0.5) is 5.69 Å². The normalized spacial score (nSPS) is 18.6. The molecule has 0 radical (unpaired) electrons. The number of sulfonamides is 1. The van der Waals surface area contributed by atoms with E-state index in [0.29, 0.717) is 11.4 Å². The van der Waals surface area contributed by atoms with Crippen molar-refractivity contribution in [2.75, 3.05) is 17.2 Å². The van der Waals surface area contributed by atoms with Gasteiger partial charge in [-0.15, -0.1) is 0 Å². The number of sulfone groups is 1. The quantitative estimate of drug-likeness (QED) is 0.780. The molecule has 1 unspecified atom stereocenters. The van der Waals surface area contributed by atoms with Crippen LogP contribution in [0.15, 0.2) is 64.9 Å². The molecule has 1 heterocycles. The Kier molecular flexibility index (Phi) is 4.81. The van der Waals surface area contributed by atoms with Gasteiger partial charge in [0, 0.05) is 5.41 Å². The third-order valence-corrected chi connectivity index (χ3v) is 7.36. The Morgan fingerprint density at radius 2 is 1.65 bits per heavy atom. The highest BCUT2D eigenvalue weighted by Crippen LogP contribution is 2.31. The lowest BCUT2D eigenvalue weighted by molar-refractivity contribution is 0.415. The summed E-state index contributed by atoms with van der Waals surface area (Å²) in [7, 11) is -5.85. The Labute approximate surface area is 153 Å². The first kappa shape index (κ1) is 18.5. The van der Waals surface area contributed by atoms with E-state index in [0.717, 1.165) is 15.3 Å². The Hall–Kier alpha value is -2.32.